The average Bonchev–Trinajstić information content (AvgIpc) is 2.35. The van der Waals surface area contributed by atoms with Gasteiger partial charge in [0.2, 0.25) is 5.69 Å². The van der Waals surface area contributed by atoms with Gasteiger partial charge in [-0.2, -0.15) is 5.26 Å². The summed E-state index contributed by atoms with van der Waals surface area (Å²) >= 11 is 0. The number of pyridine rings is 1. The summed E-state index contributed by atoms with van der Waals surface area (Å²) < 4.78 is 0. The molecule has 1 aromatic heterocycles. The molecule has 0 bridgehead atoms. The number of nitro groups is 1. The first-order chi connectivity index (χ1) is 8.12. The Labute approximate surface area is 97.9 Å². The zero-order valence-electron chi connectivity index (χ0n) is 9.25. The molecule has 1 unspecified atom stereocenters. The summed E-state index contributed by atoms with van der Waals surface area (Å²) in [5.41, 5.74) is -0.567. The van der Waals surface area contributed by atoms with E-state index < -0.39 is 4.92 Å². The zero-order valence-corrected chi connectivity index (χ0v) is 9.25. The maximum atomic E-state index is 10.6. The largest absolute Gasteiger partial charge is 0.394 e. The molecule has 90 valence electrons. The summed E-state index contributed by atoms with van der Waals surface area (Å²) in [6.07, 6.45) is 0.678. The molecule has 17 heavy (non-hydrogen) atoms. The fourth-order valence-corrected chi connectivity index (χ4v) is 1.25. The Morgan fingerprint density at radius 2 is 2.41 bits per heavy atom. The van der Waals surface area contributed by atoms with Crippen molar-refractivity contribution in [1.82, 2.24) is 4.98 Å². The minimum atomic E-state index is -0.654. The minimum absolute atomic E-state index is 0.0724. The Morgan fingerprint density at radius 3 is 2.88 bits per heavy atom. The van der Waals surface area contributed by atoms with Gasteiger partial charge in [-0.15, -0.1) is 0 Å². The lowest BCUT2D eigenvalue weighted by Gasteiger charge is -2.14. The van der Waals surface area contributed by atoms with E-state index in [1.807, 2.05) is 6.92 Å². The predicted octanol–water partition coefficient (Wildman–Crippen LogP) is 1.04. The van der Waals surface area contributed by atoms with Crippen LogP contribution < -0.4 is 5.32 Å². The highest BCUT2D eigenvalue weighted by Crippen LogP contribution is 2.18. The molecule has 0 spiro atoms. The summed E-state index contributed by atoms with van der Waals surface area (Å²) in [5.74, 6) is 0.341. The molecule has 7 heteroatoms. The molecule has 0 aromatic carbocycles. The van der Waals surface area contributed by atoms with Crippen molar-refractivity contribution in [3.05, 3.63) is 27.9 Å². The highest BCUT2D eigenvalue weighted by atomic mass is 16.6. The molecule has 2 N–H and O–H groups in total. The van der Waals surface area contributed by atoms with Crippen LogP contribution in [-0.2, 0) is 0 Å². The van der Waals surface area contributed by atoms with Gasteiger partial charge in [0, 0.05) is 6.07 Å². The van der Waals surface area contributed by atoms with Crippen LogP contribution in [-0.4, -0.2) is 27.7 Å². The topological polar surface area (TPSA) is 112 Å². The quantitative estimate of drug-likeness (QED) is 0.583. The first-order valence-electron chi connectivity index (χ1n) is 5.05. The van der Waals surface area contributed by atoms with Crippen LogP contribution in [0.4, 0.5) is 11.5 Å². The second kappa shape index (κ2) is 5.77. The zero-order chi connectivity index (χ0) is 12.8. The molecule has 0 amide bonds. The van der Waals surface area contributed by atoms with E-state index in [2.05, 4.69) is 10.3 Å². The smallest absolute Gasteiger partial charge is 0.305 e. The lowest BCUT2D eigenvalue weighted by atomic mass is 10.2. The molecule has 7 nitrogen and oxygen atoms in total. The number of aliphatic hydroxyl groups is 1. The van der Waals surface area contributed by atoms with Crippen molar-refractivity contribution >= 4 is 11.5 Å². The Morgan fingerprint density at radius 1 is 1.71 bits per heavy atom. The maximum absolute atomic E-state index is 10.6. The molecular formula is C10H12N4O3. The number of hydrogen-bond acceptors (Lipinski definition) is 6. The van der Waals surface area contributed by atoms with E-state index in [0.717, 1.165) is 0 Å². The fraction of sp³-hybridized carbons (Fsp3) is 0.400. The van der Waals surface area contributed by atoms with E-state index in [4.69, 9.17) is 10.4 Å². The molecule has 0 aliphatic heterocycles. The van der Waals surface area contributed by atoms with Crippen molar-refractivity contribution in [2.24, 2.45) is 0 Å². The van der Waals surface area contributed by atoms with Crippen LogP contribution in [0.3, 0.4) is 0 Å². The van der Waals surface area contributed by atoms with Gasteiger partial charge in [0.1, 0.15) is 11.9 Å². The third-order valence-corrected chi connectivity index (χ3v) is 2.24. The van der Waals surface area contributed by atoms with Crippen LogP contribution in [0.2, 0.25) is 0 Å². The first kappa shape index (κ1) is 12.9. The summed E-state index contributed by atoms with van der Waals surface area (Å²) in [6.45, 7) is 1.81. The summed E-state index contributed by atoms with van der Waals surface area (Å²) in [7, 11) is 0. The molecule has 1 atom stereocenters. The van der Waals surface area contributed by atoms with Gasteiger partial charge in [0.05, 0.1) is 17.6 Å². The monoisotopic (exact) mass is 236 g/mol. The minimum Gasteiger partial charge on any atom is -0.394 e. The molecule has 1 rings (SSSR count). The number of rotatable bonds is 5. The van der Waals surface area contributed by atoms with E-state index >= 15 is 0 Å². The molecule has 0 fully saturated rings. The van der Waals surface area contributed by atoms with E-state index in [1.54, 1.807) is 6.07 Å². The number of nitrogens with zero attached hydrogens (tertiary/aromatic N) is 3. The first-order valence-corrected chi connectivity index (χ1v) is 5.05. The molecule has 0 aliphatic carbocycles. The number of nitrogens with one attached hydrogen (secondary N) is 1. The highest BCUT2D eigenvalue weighted by molar-refractivity contribution is 5.50. The third kappa shape index (κ3) is 3.12. The fourth-order valence-electron chi connectivity index (χ4n) is 1.25. The third-order valence-electron chi connectivity index (χ3n) is 2.24. The van der Waals surface area contributed by atoms with Gasteiger partial charge >= 0.3 is 5.69 Å². The van der Waals surface area contributed by atoms with E-state index in [-0.39, 0.29) is 24.0 Å². The van der Waals surface area contributed by atoms with Crippen LogP contribution in [0, 0.1) is 21.4 Å². The standard InChI is InChI=1S/C10H12N4O3/c1-2-7(6-15)12-10-4-3-9(14(16)17)8(5-11)13-10/h3-4,7,15H,2,6H2,1H3,(H,12,13). The van der Waals surface area contributed by atoms with Crippen molar-refractivity contribution in [3.8, 4) is 6.07 Å². The number of nitriles is 1. The van der Waals surface area contributed by atoms with E-state index in [1.165, 1.54) is 12.1 Å². The molecule has 0 saturated carbocycles. The Kier molecular flexibility index (Phi) is 4.37. The van der Waals surface area contributed by atoms with Crippen molar-refractivity contribution < 1.29 is 10.0 Å². The van der Waals surface area contributed by atoms with E-state index in [9.17, 15) is 10.1 Å². The van der Waals surface area contributed by atoms with Crippen LogP contribution in [0.1, 0.15) is 19.0 Å². The number of aromatic nitrogens is 1. The molecule has 0 aliphatic rings. The lowest BCUT2D eigenvalue weighted by molar-refractivity contribution is -0.385. The summed E-state index contributed by atoms with van der Waals surface area (Å²) in [5, 5.41) is 31.2. The van der Waals surface area contributed by atoms with Crippen molar-refractivity contribution in [2.75, 3.05) is 11.9 Å². The second-order valence-electron chi connectivity index (χ2n) is 3.37. The van der Waals surface area contributed by atoms with Crippen molar-refractivity contribution in [1.29, 1.82) is 5.26 Å². The molecule has 1 heterocycles. The van der Waals surface area contributed by atoms with Gasteiger partial charge in [-0.3, -0.25) is 10.1 Å². The SMILES string of the molecule is CCC(CO)Nc1ccc([N+](=O)[O-])c(C#N)n1. The van der Waals surface area contributed by atoms with Gasteiger partial charge in [-0.25, -0.2) is 4.98 Å². The molecular weight excluding hydrogens is 224 g/mol. The Hall–Kier alpha value is -2.20. The Bertz CT molecular complexity index is 451. The summed E-state index contributed by atoms with van der Waals surface area (Å²) in [4.78, 5) is 13.7. The van der Waals surface area contributed by atoms with E-state index in [0.29, 0.717) is 12.2 Å². The highest BCUT2D eigenvalue weighted by Gasteiger charge is 2.16. The lowest BCUT2D eigenvalue weighted by Crippen LogP contribution is -2.23. The van der Waals surface area contributed by atoms with Gasteiger partial charge in [-0.1, -0.05) is 6.92 Å². The second-order valence-corrected chi connectivity index (χ2v) is 3.37. The average molecular weight is 236 g/mol. The molecule has 0 saturated heterocycles. The molecule has 0 radical (unpaired) electrons. The predicted molar refractivity (Wildman–Crippen MR) is 60.4 cm³/mol. The van der Waals surface area contributed by atoms with Gasteiger partial charge < -0.3 is 10.4 Å². The van der Waals surface area contributed by atoms with Gasteiger partial charge in [0.25, 0.3) is 0 Å². The van der Waals surface area contributed by atoms with Gasteiger partial charge in [0.15, 0.2) is 0 Å². The number of aliphatic hydroxyl groups excluding tert-OH is 1. The van der Waals surface area contributed by atoms with Crippen molar-refractivity contribution in [2.45, 2.75) is 19.4 Å². The maximum Gasteiger partial charge on any atom is 0.305 e. The van der Waals surface area contributed by atoms with Crippen LogP contribution in [0.5, 0.6) is 0 Å². The van der Waals surface area contributed by atoms with Crippen LogP contribution >= 0.6 is 0 Å². The number of anilines is 1. The van der Waals surface area contributed by atoms with Crippen molar-refractivity contribution in [3.63, 3.8) is 0 Å². The molecule has 1 aromatic rings. The Balaban J connectivity index is 2.98. The van der Waals surface area contributed by atoms with Gasteiger partial charge in [-0.05, 0) is 12.5 Å². The van der Waals surface area contributed by atoms with Crippen LogP contribution in [0.25, 0.3) is 0 Å². The van der Waals surface area contributed by atoms with Crippen LogP contribution in [0.15, 0.2) is 12.1 Å². The number of hydrogen-bond donors (Lipinski definition) is 2. The normalized spacial score (nSPS) is 11.6. The summed E-state index contributed by atoms with van der Waals surface area (Å²) in [6, 6.07) is 4.12.